The van der Waals surface area contributed by atoms with E-state index in [1.807, 2.05) is 0 Å². The molecule has 0 aliphatic carbocycles. The number of hydrogen-bond donors (Lipinski definition) is 2. The Balaban J connectivity index is 3.23. The first-order chi connectivity index (χ1) is 6.52. The van der Waals surface area contributed by atoms with Gasteiger partial charge in [-0.25, -0.2) is 0 Å². The third kappa shape index (κ3) is 10.0. The maximum Gasteiger partial charge on any atom is 0.00104 e. The molecular weight excluding hydrogens is 172 g/mol. The normalized spacial score (nSPS) is 15.9. The SMILES string of the molecule is CC(C)CNCC(C)CCCC(C)N. The Morgan fingerprint density at radius 3 is 2.14 bits per heavy atom. The van der Waals surface area contributed by atoms with E-state index in [9.17, 15) is 0 Å². The summed E-state index contributed by atoms with van der Waals surface area (Å²) in [5.41, 5.74) is 5.70. The van der Waals surface area contributed by atoms with E-state index in [2.05, 4.69) is 33.0 Å². The Kier molecular flexibility index (Phi) is 8.20. The summed E-state index contributed by atoms with van der Waals surface area (Å²) >= 11 is 0. The van der Waals surface area contributed by atoms with Crippen molar-refractivity contribution >= 4 is 0 Å². The molecule has 0 aliphatic rings. The van der Waals surface area contributed by atoms with Crippen LogP contribution in [-0.4, -0.2) is 19.1 Å². The lowest BCUT2D eigenvalue weighted by atomic mass is 10.0. The molecule has 0 heterocycles. The van der Waals surface area contributed by atoms with Gasteiger partial charge in [0.15, 0.2) is 0 Å². The van der Waals surface area contributed by atoms with Crippen molar-refractivity contribution < 1.29 is 0 Å². The van der Waals surface area contributed by atoms with E-state index in [-0.39, 0.29) is 0 Å². The summed E-state index contributed by atoms with van der Waals surface area (Å²) in [4.78, 5) is 0. The highest BCUT2D eigenvalue weighted by molar-refractivity contribution is 4.61. The fourth-order valence-corrected chi connectivity index (χ4v) is 1.51. The molecule has 0 fully saturated rings. The van der Waals surface area contributed by atoms with E-state index in [0.29, 0.717) is 6.04 Å². The van der Waals surface area contributed by atoms with Gasteiger partial charge in [0.2, 0.25) is 0 Å². The maximum atomic E-state index is 5.70. The highest BCUT2D eigenvalue weighted by atomic mass is 14.9. The van der Waals surface area contributed by atoms with Crippen LogP contribution >= 0.6 is 0 Å². The van der Waals surface area contributed by atoms with E-state index >= 15 is 0 Å². The van der Waals surface area contributed by atoms with Gasteiger partial charge in [-0.3, -0.25) is 0 Å². The maximum absolute atomic E-state index is 5.70. The van der Waals surface area contributed by atoms with Crippen molar-refractivity contribution in [2.75, 3.05) is 13.1 Å². The molecular formula is C12H28N2. The molecule has 0 aliphatic heterocycles. The van der Waals surface area contributed by atoms with E-state index < -0.39 is 0 Å². The minimum Gasteiger partial charge on any atom is -0.328 e. The number of rotatable bonds is 8. The van der Waals surface area contributed by atoms with Gasteiger partial charge in [0.1, 0.15) is 0 Å². The Labute approximate surface area is 89.6 Å². The molecule has 0 rings (SSSR count). The van der Waals surface area contributed by atoms with Crippen LogP contribution < -0.4 is 11.1 Å². The highest BCUT2D eigenvalue weighted by Gasteiger charge is 2.03. The molecule has 0 amide bonds. The molecule has 0 spiro atoms. The largest absolute Gasteiger partial charge is 0.328 e. The van der Waals surface area contributed by atoms with Crippen molar-refractivity contribution in [1.82, 2.24) is 5.32 Å². The molecule has 0 aromatic carbocycles. The van der Waals surface area contributed by atoms with Crippen molar-refractivity contribution in [3.05, 3.63) is 0 Å². The molecule has 0 saturated carbocycles. The van der Waals surface area contributed by atoms with Gasteiger partial charge in [-0.15, -0.1) is 0 Å². The Morgan fingerprint density at radius 1 is 1.00 bits per heavy atom. The molecule has 2 heteroatoms. The van der Waals surface area contributed by atoms with Crippen molar-refractivity contribution in [1.29, 1.82) is 0 Å². The summed E-state index contributed by atoms with van der Waals surface area (Å²) in [7, 11) is 0. The second kappa shape index (κ2) is 8.25. The third-order valence-corrected chi connectivity index (χ3v) is 2.40. The van der Waals surface area contributed by atoms with Crippen LogP contribution in [0.1, 0.15) is 47.0 Å². The number of hydrogen-bond acceptors (Lipinski definition) is 2. The molecule has 86 valence electrons. The van der Waals surface area contributed by atoms with Gasteiger partial charge in [0.05, 0.1) is 0 Å². The summed E-state index contributed by atoms with van der Waals surface area (Å²) in [5.74, 6) is 1.54. The molecule has 2 nitrogen and oxygen atoms in total. The summed E-state index contributed by atoms with van der Waals surface area (Å²) in [6.07, 6.45) is 3.73. The minimum atomic E-state index is 0.367. The third-order valence-electron chi connectivity index (χ3n) is 2.40. The lowest BCUT2D eigenvalue weighted by Crippen LogP contribution is -2.25. The zero-order valence-corrected chi connectivity index (χ0v) is 10.3. The molecule has 0 bridgehead atoms. The van der Waals surface area contributed by atoms with Gasteiger partial charge in [-0.05, 0) is 44.7 Å². The van der Waals surface area contributed by atoms with E-state index in [4.69, 9.17) is 5.73 Å². The van der Waals surface area contributed by atoms with Gasteiger partial charge >= 0.3 is 0 Å². The van der Waals surface area contributed by atoms with Crippen LogP contribution in [0.25, 0.3) is 0 Å². The molecule has 0 radical (unpaired) electrons. The van der Waals surface area contributed by atoms with Gasteiger partial charge in [-0.1, -0.05) is 27.2 Å². The molecule has 2 unspecified atom stereocenters. The smallest absolute Gasteiger partial charge is 0.00104 e. The zero-order chi connectivity index (χ0) is 11.0. The van der Waals surface area contributed by atoms with Crippen molar-refractivity contribution in [3.8, 4) is 0 Å². The first kappa shape index (κ1) is 13.9. The standard InChI is InChI=1S/C12H28N2/c1-10(2)8-14-9-11(3)6-5-7-12(4)13/h10-12,14H,5-9,13H2,1-4H3. The highest BCUT2D eigenvalue weighted by Crippen LogP contribution is 2.07. The molecule has 0 aromatic heterocycles. The van der Waals surface area contributed by atoms with Crippen molar-refractivity contribution in [3.63, 3.8) is 0 Å². The molecule has 2 atom stereocenters. The van der Waals surface area contributed by atoms with Crippen LogP contribution in [0, 0.1) is 11.8 Å². The quantitative estimate of drug-likeness (QED) is 0.631. The Hall–Kier alpha value is -0.0800. The number of nitrogens with one attached hydrogen (secondary N) is 1. The topological polar surface area (TPSA) is 38.0 Å². The van der Waals surface area contributed by atoms with E-state index in [1.165, 1.54) is 12.8 Å². The van der Waals surface area contributed by atoms with Crippen LogP contribution in [0.3, 0.4) is 0 Å². The summed E-state index contributed by atoms with van der Waals surface area (Å²) in [6, 6.07) is 0.367. The summed E-state index contributed by atoms with van der Waals surface area (Å²) in [5, 5.41) is 3.49. The van der Waals surface area contributed by atoms with Gasteiger partial charge in [0, 0.05) is 6.04 Å². The minimum absolute atomic E-state index is 0.367. The predicted molar refractivity (Wildman–Crippen MR) is 64.4 cm³/mol. The number of nitrogens with two attached hydrogens (primary N) is 1. The van der Waals surface area contributed by atoms with Gasteiger partial charge in [0.25, 0.3) is 0 Å². The lowest BCUT2D eigenvalue weighted by molar-refractivity contribution is 0.431. The molecule has 3 N–H and O–H groups in total. The van der Waals surface area contributed by atoms with E-state index in [0.717, 1.165) is 31.3 Å². The van der Waals surface area contributed by atoms with Crippen LogP contribution in [0.5, 0.6) is 0 Å². The first-order valence-electron chi connectivity index (χ1n) is 5.98. The van der Waals surface area contributed by atoms with Crippen LogP contribution in [0.2, 0.25) is 0 Å². The first-order valence-corrected chi connectivity index (χ1v) is 5.98. The monoisotopic (exact) mass is 200 g/mol. The Bertz CT molecular complexity index is 107. The molecule has 0 saturated heterocycles. The molecule has 0 aromatic rings. The second-order valence-electron chi connectivity index (χ2n) is 5.07. The van der Waals surface area contributed by atoms with Crippen molar-refractivity contribution in [2.45, 2.75) is 53.0 Å². The fourth-order valence-electron chi connectivity index (χ4n) is 1.51. The molecule has 14 heavy (non-hydrogen) atoms. The van der Waals surface area contributed by atoms with Crippen LogP contribution in [-0.2, 0) is 0 Å². The average Bonchev–Trinajstić information content (AvgIpc) is 2.02. The average molecular weight is 200 g/mol. The van der Waals surface area contributed by atoms with Gasteiger partial charge in [-0.2, -0.15) is 0 Å². The lowest BCUT2D eigenvalue weighted by Gasteiger charge is -2.14. The fraction of sp³-hybridized carbons (Fsp3) is 1.00. The van der Waals surface area contributed by atoms with Gasteiger partial charge < -0.3 is 11.1 Å². The van der Waals surface area contributed by atoms with Crippen LogP contribution in [0.15, 0.2) is 0 Å². The van der Waals surface area contributed by atoms with E-state index in [1.54, 1.807) is 0 Å². The summed E-state index contributed by atoms with van der Waals surface area (Å²) < 4.78 is 0. The predicted octanol–water partition coefficient (Wildman–Crippen LogP) is 2.39. The summed E-state index contributed by atoms with van der Waals surface area (Å²) in [6.45, 7) is 11.2. The van der Waals surface area contributed by atoms with Crippen molar-refractivity contribution in [2.24, 2.45) is 17.6 Å². The second-order valence-corrected chi connectivity index (χ2v) is 5.07. The van der Waals surface area contributed by atoms with Crippen LogP contribution in [0.4, 0.5) is 0 Å². The Morgan fingerprint density at radius 2 is 1.64 bits per heavy atom. The zero-order valence-electron chi connectivity index (χ0n) is 10.3.